The van der Waals surface area contributed by atoms with E-state index in [0.29, 0.717) is 5.56 Å². The highest BCUT2D eigenvalue weighted by molar-refractivity contribution is 5.34. The van der Waals surface area contributed by atoms with Crippen LogP contribution >= 0.6 is 0 Å². The monoisotopic (exact) mass is 342 g/mol. The number of non-ortho nitro benzene ring substituents is 1. The minimum absolute atomic E-state index is 0.0201. The molecule has 3 atom stereocenters. The number of nitro benzene ring substituents is 1. The van der Waals surface area contributed by atoms with Gasteiger partial charge in [-0.3, -0.25) is 10.1 Å². The van der Waals surface area contributed by atoms with E-state index in [1.807, 2.05) is 12.1 Å². The molecule has 3 rings (SSSR count). The van der Waals surface area contributed by atoms with Crippen LogP contribution in [0.25, 0.3) is 0 Å². The normalized spacial score (nSPS) is 19.0. The molecule has 1 aliphatic rings. The molecule has 0 unspecified atom stereocenters. The molecule has 0 radical (unpaired) electrons. The van der Waals surface area contributed by atoms with Crippen LogP contribution in [0.15, 0.2) is 48.5 Å². The molecule has 0 bridgehead atoms. The van der Waals surface area contributed by atoms with E-state index >= 15 is 0 Å². The van der Waals surface area contributed by atoms with Crippen molar-refractivity contribution in [1.29, 1.82) is 0 Å². The van der Waals surface area contributed by atoms with E-state index in [4.69, 9.17) is 0 Å². The van der Waals surface area contributed by atoms with Gasteiger partial charge in [0.05, 0.1) is 23.7 Å². The Kier molecular flexibility index (Phi) is 5.43. The number of aryl methyl sites for hydroxylation is 1. The van der Waals surface area contributed by atoms with Crippen molar-refractivity contribution in [2.24, 2.45) is 0 Å². The fourth-order valence-corrected chi connectivity index (χ4v) is 3.41. The Balaban J connectivity index is 1.67. The SMILES string of the molecule is O=[N+]([O-])c1ccc([C@H](O)[C@H](CO)N[C@@H]2CCc3ccccc3C2)cc1. The zero-order valence-electron chi connectivity index (χ0n) is 13.8. The van der Waals surface area contributed by atoms with Gasteiger partial charge in [-0.1, -0.05) is 24.3 Å². The average molecular weight is 342 g/mol. The lowest BCUT2D eigenvalue weighted by molar-refractivity contribution is -0.384. The van der Waals surface area contributed by atoms with Crippen LogP contribution in [-0.4, -0.2) is 33.8 Å². The van der Waals surface area contributed by atoms with Crippen molar-refractivity contribution in [3.8, 4) is 0 Å². The van der Waals surface area contributed by atoms with Crippen LogP contribution in [0.5, 0.6) is 0 Å². The lowest BCUT2D eigenvalue weighted by Gasteiger charge is -2.31. The predicted octanol–water partition coefficient (Wildman–Crippen LogP) is 2.14. The summed E-state index contributed by atoms with van der Waals surface area (Å²) in [6, 6.07) is 13.8. The van der Waals surface area contributed by atoms with Crippen molar-refractivity contribution >= 4 is 5.69 Å². The summed E-state index contributed by atoms with van der Waals surface area (Å²) in [5.41, 5.74) is 3.19. The zero-order chi connectivity index (χ0) is 17.8. The molecule has 0 heterocycles. The molecular formula is C19H22N2O4. The van der Waals surface area contributed by atoms with Crippen molar-refractivity contribution in [3.63, 3.8) is 0 Å². The van der Waals surface area contributed by atoms with E-state index < -0.39 is 17.1 Å². The summed E-state index contributed by atoms with van der Waals surface area (Å²) in [6.07, 6.45) is 1.85. The summed E-state index contributed by atoms with van der Waals surface area (Å²) in [4.78, 5) is 10.3. The molecule has 6 heteroatoms. The Morgan fingerprint density at radius 2 is 1.84 bits per heavy atom. The Hall–Kier alpha value is -2.28. The van der Waals surface area contributed by atoms with Crippen molar-refractivity contribution < 1.29 is 15.1 Å². The third kappa shape index (κ3) is 4.04. The van der Waals surface area contributed by atoms with Crippen LogP contribution in [0, 0.1) is 10.1 Å². The van der Waals surface area contributed by atoms with E-state index in [1.165, 1.54) is 35.4 Å². The highest BCUT2D eigenvalue weighted by atomic mass is 16.6. The largest absolute Gasteiger partial charge is 0.395 e. The number of hydrogen-bond acceptors (Lipinski definition) is 5. The maximum atomic E-state index is 10.7. The fraction of sp³-hybridized carbons (Fsp3) is 0.368. The molecule has 0 saturated carbocycles. The van der Waals surface area contributed by atoms with Gasteiger partial charge in [-0.25, -0.2) is 0 Å². The van der Waals surface area contributed by atoms with Crippen molar-refractivity contribution in [2.75, 3.05) is 6.61 Å². The number of nitrogens with one attached hydrogen (secondary N) is 1. The maximum Gasteiger partial charge on any atom is 0.269 e. The molecule has 2 aromatic rings. The molecule has 6 nitrogen and oxygen atoms in total. The number of aliphatic hydroxyl groups excluding tert-OH is 2. The van der Waals surface area contributed by atoms with Gasteiger partial charge < -0.3 is 15.5 Å². The smallest absolute Gasteiger partial charge is 0.269 e. The van der Waals surface area contributed by atoms with Gasteiger partial charge in [0.25, 0.3) is 5.69 Å². The third-order valence-electron chi connectivity index (χ3n) is 4.82. The lowest BCUT2D eigenvalue weighted by Crippen LogP contribution is -2.46. The second-order valence-electron chi connectivity index (χ2n) is 6.46. The molecule has 0 aromatic heterocycles. The van der Waals surface area contributed by atoms with Gasteiger partial charge in [0.1, 0.15) is 0 Å². The second-order valence-corrected chi connectivity index (χ2v) is 6.46. The summed E-state index contributed by atoms with van der Waals surface area (Å²) < 4.78 is 0. The average Bonchev–Trinajstić information content (AvgIpc) is 2.65. The van der Waals surface area contributed by atoms with Crippen molar-refractivity contribution in [3.05, 3.63) is 75.3 Å². The summed E-state index contributed by atoms with van der Waals surface area (Å²) in [6.45, 7) is -0.212. The quantitative estimate of drug-likeness (QED) is 0.552. The van der Waals surface area contributed by atoms with Crippen molar-refractivity contribution in [1.82, 2.24) is 5.32 Å². The van der Waals surface area contributed by atoms with Gasteiger partial charge in [0.2, 0.25) is 0 Å². The standard InChI is InChI=1S/C19H22N2O4/c22-12-18(19(23)14-6-9-17(10-7-14)21(24)25)20-16-8-5-13-3-1-2-4-15(13)11-16/h1-4,6-7,9-10,16,18-20,22-23H,5,8,11-12H2/t16-,18+,19+/m1/s1. The maximum absolute atomic E-state index is 10.7. The molecular weight excluding hydrogens is 320 g/mol. The third-order valence-corrected chi connectivity index (χ3v) is 4.82. The Morgan fingerprint density at radius 1 is 1.16 bits per heavy atom. The number of hydrogen-bond donors (Lipinski definition) is 3. The molecule has 3 N–H and O–H groups in total. The van der Waals surface area contributed by atoms with E-state index in [2.05, 4.69) is 17.4 Å². The first-order valence-corrected chi connectivity index (χ1v) is 8.44. The predicted molar refractivity (Wildman–Crippen MR) is 94.3 cm³/mol. The molecule has 0 aliphatic heterocycles. The summed E-state index contributed by atoms with van der Waals surface area (Å²) in [5.74, 6) is 0. The Labute approximate surface area is 146 Å². The molecule has 25 heavy (non-hydrogen) atoms. The molecule has 2 aromatic carbocycles. The molecule has 0 spiro atoms. The van der Waals surface area contributed by atoms with E-state index in [-0.39, 0.29) is 18.3 Å². The molecule has 132 valence electrons. The van der Waals surface area contributed by atoms with Gasteiger partial charge in [-0.05, 0) is 48.1 Å². The number of rotatable bonds is 6. The van der Waals surface area contributed by atoms with Crippen LogP contribution in [0.2, 0.25) is 0 Å². The minimum Gasteiger partial charge on any atom is -0.395 e. The van der Waals surface area contributed by atoms with Gasteiger partial charge in [-0.2, -0.15) is 0 Å². The van der Waals surface area contributed by atoms with Crippen LogP contribution in [0.4, 0.5) is 5.69 Å². The molecule has 0 fully saturated rings. The van der Waals surface area contributed by atoms with Gasteiger partial charge in [-0.15, -0.1) is 0 Å². The Bertz CT molecular complexity index is 732. The first-order valence-electron chi connectivity index (χ1n) is 8.44. The van der Waals surface area contributed by atoms with Gasteiger partial charge >= 0.3 is 0 Å². The highest BCUT2D eigenvalue weighted by Gasteiger charge is 2.26. The Morgan fingerprint density at radius 3 is 2.48 bits per heavy atom. The summed E-state index contributed by atoms with van der Waals surface area (Å²) in [7, 11) is 0. The van der Waals surface area contributed by atoms with Crippen LogP contribution in [0.3, 0.4) is 0 Å². The second kappa shape index (κ2) is 7.74. The number of aliphatic hydroxyl groups is 2. The number of nitro groups is 1. The molecule has 0 amide bonds. The number of fused-ring (bicyclic) bond motifs is 1. The number of benzene rings is 2. The molecule has 0 saturated heterocycles. The number of nitrogens with zero attached hydrogens (tertiary/aromatic N) is 1. The minimum atomic E-state index is -0.928. The fourth-order valence-electron chi connectivity index (χ4n) is 3.41. The van der Waals surface area contributed by atoms with Gasteiger partial charge in [0.15, 0.2) is 0 Å². The summed E-state index contributed by atoms with van der Waals surface area (Å²) >= 11 is 0. The first kappa shape index (κ1) is 17.5. The molecule has 1 aliphatic carbocycles. The zero-order valence-corrected chi connectivity index (χ0v) is 13.8. The lowest BCUT2D eigenvalue weighted by atomic mass is 9.87. The summed E-state index contributed by atoms with van der Waals surface area (Å²) in [5, 5.41) is 34.3. The van der Waals surface area contributed by atoms with Crippen molar-refractivity contribution in [2.45, 2.75) is 37.5 Å². The topological polar surface area (TPSA) is 95.6 Å². The highest BCUT2D eigenvalue weighted by Crippen LogP contribution is 2.24. The van der Waals surface area contributed by atoms with Crippen LogP contribution in [0.1, 0.15) is 29.2 Å². The van der Waals surface area contributed by atoms with Crippen LogP contribution in [-0.2, 0) is 12.8 Å². The van der Waals surface area contributed by atoms with E-state index in [0.717, 1.165) is 19.3 Å². The van der Waals surface area contributed by atoms with Crippen LogP contribution < -0.4 is 5.32 Å². The van der Waals surface area contributed by atoms with E-state index in [9.17, 15) is 20.3 Å². The first-order chi connectivity index (χ1) is 12.1. The van der Waals surface area contributed by atoms with Gasteiger partial charge in [0, 0.05) is 18.2 Å². The van der Waals surface area contributed by atoms with E-state index in [1.54, 1.807) is 0 Å².